The Bertz CT molecular complexity index is 457. The summed E-state index contributed by atoms with van der Waals surface area (Å²) < 4.78 is 5.69. The number of primary amides is 1. The molecule has 21 heavy (non-hydrogen) atoms. The number of hydrogen-bond donors (Lipinski definition) is 2. The van der Waals surface area contributed by atoms with E-state index >= 15 is 0 Å². The highest BCUT2D eigenvalue weighted by Crippen LogP contribution is 2.21. The van der Waals surface area contributed by atoms with Crippen LogP contribution in [0.3, 0.4) is 0 Å². The van der Waals surface area contributed by atoms with E-state index in [1.165, 1.54) is 0 Å². The van der Waals surface area contributed by atoms with E-state index in [4.69, 9.17) is 16.2 Å². The summed E-state index contributed by atoms with van der Waals surface area (Å²) in [5, 5.41) is 0. The Labute approximate surface area is 126 Å². The Balaban J connectivity index is 1.60. The highest BCUT2D eigenvalue weighted by Gasteiger charge is 2.20. The fourth-order valence-electron chi connectivity index (χ4n) is 2.78. The predicted molar refractivity (Wildman–Crippen MR) is 83.9 cm³/mol. The van der Waals surface area contributed by atoms with Crippen LogP contribution in [0.4, 0.5) is 5.69 Å². The van der Waals surface area contributed by atoms with Gasteiger partial charge in [0.25, 0.3) is 0 Å². The van der Waals surface area contributed by atoms with Gasteiger partial charge in [0.05, 0.1) is 12.3 Å². The number of nitrogens with zero attached hydrogens (tertiary/aromatic N) is 1. The average Bonchev–Trinajstić information content (AvgIpc) is 2.46. The van der Waals surface area contributed by atoms with E-state index in [0.717, 1.165) is 44.6 Å². The van der Waals surface area contributed by atoms with Gasteiger partial charge in [0.15, 0.2) is 0 Å². The van der Waals surface area contributed by atoms with Gasteiger partial charge in [0.1, 0.15) is 5.75 Å². The molecule has 5 nitrogen and oxygen atoms in total. The summed E-state index contributed by atoms with van der Waals surface area (Å²) in [4.78, 5) is 13.3. The van der Waals surface area contributed by atoms with Crippen LogP contribution in [0.2, 0.25) is 0 Å². The van der Waals surface area contributed by atoms with Crippen molar-refractivity contribution in [2.24, 2.45) is 11.7 Å². The fraction of sp³-hybridized carbons (Fsp3) is 0.562. The van der Waals surface area contributed by atoms with Crippen LogP contribution in [-0.2, 0) is 4.79 Å². The summed E-state index contributed by atoms with van der Waals surface area (Å²) in [5.41, 5.74) is 11.8. The van der Waals surface area contributed by atoms with Gasteiger partial charge in [-0.2, -0.15) is 0 Å². The van der Waals surface area contributed by atoms with Crippen molar-refractivity contribution in [1.29, 1.82) is 0 Å². The van der Waals surface area contributed by atoms with E-state index in [1.54, 1.807) is 0 Å². The maximum Gasteiger partial charge on any atom is 0.217 e. The summed E-state index contributed by atoms with van der Waals surface area (Å²) in [7, 11) is 0. The number of amides is 1. The first kappa shape index (κ1) is 15.6. The van der Waals surface area contributed by atoms with E-state index in [2.05, 4.69) is 4.90 Å². The first-order valence-corrected chi connectivity index (χ1v) is 7.63. The molecular formula is C16H25N3O2. The van der Waals surface area contributed by atoms with Gasteiger partial charge in [-0.15, -0.1) is 0 Å². The Hall–Kier alpha value is -1.75. The SMILES string of the molecule is NC(=O)CC1CCN(CCCOc2ccccc2N)CC1. The summed E-state index contributed by atoms with van der Waals surface area (Å²) in [5.74, 6) is 1.05. The average molecular weight is 291 g/mol. The molecule has 0 atom stereocenters. The van der Waals surface area contributed by atoms with Crippen LogP contribution < -0.4 is 16.2 Å². The normalized spacial score (nSPS) is 16.8. The fourth-order valence-corrected chi connectivity index (χ4v) is 2.78. The quantitative estimate of drug-likeness (QED) is 0.591. The number of carbonyl (C=O) groups excluding carboxylic acids is 1. The van der Waals surface area contributed by atoms with Gasteiger partial charge in [0.2, 0.25) is 5.91 Å². The summed E-state index contributed by atoms with van der Waals surface area (Å²) in [6, 6.07) is 7.57. The molecule has 1 aromatic carbocycles. The number of piperidine rings is 1. The molecule has 0 aromatic heterocycles. The lowest BCUT2D eigenvalue weighted by Crippen LogP contribution is -2.36. The Morgan fingerprint density at radius 1 is 1.29 bits per heavy atom. The Morgan fingerprint density at radius 2 is 2.00 bits per heavy atom. The van der Waals surface area contributed by atoms with Crippen molar-refractivity contribution < 1.29 is 9.53 Å². The summed E-state index contributed by atoms with van der Waals surface area (Å²) in [6.07, 6.45) is 3.64. The molecule has 1 amide bonds. The first-order chi connectivity index (χ1) is 10.1. The van der Waals surface area contributed by atoms with Gasteiger partial charge in [-0.25, -0.2) is 0 Å². The minimum Gasteiger partial charge on any atom is -0.491 e. The lowest BCUT2D eigenvalue weighted by atomic mass is 9.93. The third-order valence-electron chi connectivity index (χ3n) is 3.99. The molecule has 1 aliphatic heterocycles. The van der Waals surface area contributed by atoms with Crippen LogP contribution in [0.25, 0.3) is 0 Å². The number of nitrogen functional groups attached to an aromatic ring is 1. The number of carbonyl (C=O) groups is 1. The molecule has 1 aliphatic rings. The lowest BCUT2D eigenvalue weighted by Gasteiger charge is -2.31. The van der Waals surface area contributed by atoms with Crippen molar-refractivity contribution in [3.63, 3.8) is 0 Å². The molecule has 0 aliphatic carbocycles. The molecule has 0 spiro atoms. The van der Waals surface area contributed by atoms with Gasteiger partial charge in [-0.05, 0) is 50.4 Å². The number of ether oxygens (including phenoxy) is 1. The molecule has 0 bridgehead atoms. The molecule has 1 saturated heterocycles. The van der Waals surface area contributed by atoms with Crippen LogP contribution in [0.15, 0.2) is 24.3 Å². The van der Waals surface area contributed by atoms with Gasteiger partial charge < -0.3 is 21.1 Å². The molecule has 0 radical (unpaired) electrons. The number of rotatable bonds is 7. The van der Waals surface area contributed by atoms with Gasteiger partial charge in [-0.3, -0.25) is 4.79 Å². The number of hydrogen-bond acceptors (Lipinski definition) is 4. The molecule has 0 unspecified atom stereocenters. The van der Waals surface area contributed by atoms with Crippen molar-refractivity contribution in [1.82, 2.24) is 4.90 Å². The minimum atomic E-state index is -0.178. The largest absolute Gasteiger partial charge is 0.491 e. The van der Waals surface area contributed by atoms with E-state index in [-0.39, 0.29) is 5.91 Å². The van der Waals surface area contributed by atoms with E-state index in [9.17, 15) is 4.79 Å². The zero-order valence-corrected chi connectivity index (χ0v) is 12.5. The molecule has 4 N–H and O–H groups in total. The maximum atomic E-state index is 10.9. The second-order valence-corrected chi connectivity index (χ2v) is 5.70. The van der Waals surface area contributed by atoms with E-state index in [0.29, 0.717) is 24.6 Å². The topological polar surface area (TPSA) is 81.6 Å². The van der Waals surface area contributed by atoms with Crippen molar-refractivity contribution in [3.8, 4) is 5.75 Å². The van der Waals surface area contributed by atoms with Gasteiger partial charge in [0, 0.05) is 13.0 Å². The van der Waals surface area contributed by atoms with Crippen LogP contribution >= 0.6 is 0 Å². The molecule has 0 saturated carbocycles. The smallest absolute Gasteiger partial charge is 0.217 e. The van der Waals surface area contributed by atoms with Gasteiger partial charge >= 0.3 is 0 Å². The van der Waals surface area contributed by atoms with Crippen LogP contribution in [0, 0.1) is 5.92 Å². The molecule has 1 fully saturated rings. The second kappa shape index (κ2) is 7.88. The van der Waals surface area contributed by atoms with Gasteiger partial charge in [-0.1, -0.05) is 12.1 Å². The zero-order valence-electron chi connectivity index (χ0n) is 12.5. The number of para-hydroxylation sites is 2. The van der Waals surface area contributed by atoms with Crippen molar-refractivity contribution in [3.05, 3.63) is 24.3 Å². The molecule has 1 aromatic rings. The van der Waals surface area contributed by atoms with Crippen LogP contribution in [0.1, 0.15) is 25.7 Å². The highest BCUT2D eigenvalue weighted by atomic mass is 16.5. The molecule has 1 heterocycles. The maximum absolute atomic E-state index is 10.9. The molecule has 116 valence electrons. The molecular weight excluding hydrogens is 266 g/mol. The van der Waals surface area contributed by atoms with Crippen LogP contribution in [-0.4, -0.2) is 37.0 Å². The molecule has 5 heteroatoms. The highest BCUT2D eigenvalue weighted by molar-refractivity contribution is 5.73. The molecule has 2 rings (SSSR count). The van der Waals surface area contributed by atoms with Crippen molar-refractivity contribution in [2.75, 3.05) is 32.0 Å². The predicted octanol–water partition coefficient (Wildman–Crippen LogP) is 1.63. The number of likely N-dealkylation sites (tertiary alicyclic amines) is 1. The van der Waals surface area contributed by atoms with Crippen molar-refractivity contribution >= 4 is 11.6 Å². The van der Waals surface area contributed by atoms with E-state index < -0.39 is 0 Å². The summed E-state index contributed by atoms with van der Waals surface area (Å²) in [6.45, 7) is 3.79. The minimum absolute atomic E-state index is 0.178. The third-order valence-corrected chi connectivity index (χ3v) is 3.99. The summed E-state index contributed by atoms with van der Waals surface area (Å²) >= 11 is 0. The Kier molecular flexibility index (Phi) is 5.87. The standard InChI is InChI=1S/C16H25N3O2/c17-14-4-1-2-5-15(14)21-11-3-8-19-9-6-13(7-10-19)12-16(18)20/h1-2,4-5,13H,3,6-12,17H2,(H2,18,20). The zero-order chi connectivity index (χ0) is 15.1. The lowest BCUT2D eigenvalue weighted by molar-refractivity contribution is -0.119. The second-order valence-electron chi connectivity index (χ2n) is 5.70. The first-order valence-electron chi connectivity index (χ1n) is 7.63. The Morgan fingerprint density at radius 3 is 2.67 bits per heavy atom. The van der Waals surface area contributed by atoms with Crippen LogP contribution in [0.5, 0.6) is 5.75 Å². The van der Waals surface area contributed by atoms with Crippen molar-refractivity contribution in [2.45, 2.75) is 25.7 Å². The third kappa shape index (κ3) is 5.27. The van der Waals surface area contributed by atoms with E-state index in [1.807, 2.05) is 24.3 Å². The monoisotopic (exact) mass is 291 g/mol. The number of anilines is 1. The number of nitrogens with two attached hydrogens (primary N) is 2. The number of benzene rings is 1.